The molecule has 0 saturated carbocycles. The lowest BCUT2D eigenvalue weighted by molar-refractivity contribution is -0.658. The van der Waals surface area contributed by atoms with Gasteiger partial charge in [-0.25, -0.2) is 4.98 Å². The van der Waals surface area contributed by atoms with Crippen molar-refractivity contribution < 1.29 is 4.57 Å². The summed E-state index contributed by atoms with van der Waals surface area (Å²) in [5, 5.41) is 5.04. The minimum Gasteiger partial charge on any atom is -0.245 e. The molecule has 0 N–H and O–H groups in total. The number of hydrogen-bond donors (Lipinski definition) is 0. The Morgan fingerprint density at radius 2 is 1.76 bits per heavy atom. The first-order valence-corrected chi connectivity index (χ1v) is 9.19. The molecule has 0 saturated heterocycles. The number of hydrogen-bond acceptors (Lipinski definition) is 2. The summed E-state index contributed by atoms with van der Waals surface area (Å²) in [5.74, 6) is 0. The van der Waals surface area contributed by atoms with E-state index in [0.29, 0.717) is 0 Å². The van der Waals surface area contributed by atoms with Gasteiger partial charge in [-0.1, -0.05) is 42.5 Å². The van der Waals surface area contributed by atoms with Gasteiger partial charge >= 0.3 is 0 Å². The van der Waals surface area contributed by atoms with E-state index in [9.17, 15) is 0 Å². The van der Waals surface area contributed by atoms with Crippen LogP contribution in [0, 0.1) is 6.92 Å². The SMILES string of the molecule is Cc1ccccc1-c1cc2c(c[n+]1C)sc1ncc3ccccc3c12. The monoisotopic (exact) mass is 341 g/mol. The fourth-order valence-corrected chi connectivity index (χ4v) is 4.73. The molecular weight excluding hydrogens is 324 g/mol. The van der Waals surface area contributed by atoms with Crippen LogP contribution in [0.25, 0.3) is 42.3 Å². The molecule has 3 aromatic heterocycles. The van der Waals surface area contributed by atoms with Crippen molar-refractivity contribution in [2.75, 3.05) is 0 Å². The Morgan fingerprint density at radius 1 is 0.960 bits per heavy atom. The predicted molar refractivity (Wildman–Crippen MR) is 106 cm³/mol. The van der Waals surface area contributed by atoms with Crippen LogP contribution in [0.15, 0.2) is 67.0 Å². The molecule has 3 heterocycles. The summed E-state index contributed by atoms with van der Waals surface area (Å²) in [6, 6.07) is 19.4. The van der Waals surface area contributed by atoms with E-state index in [0.717, 1.165) is 4.83 Å². The fraction of sp³-hybridized carbons (Fsp3) is 0.0909. The third-order valence-corrected chi connectivity index (χ3v) is 5.95. The van der Waals surface area contributed by atoms with Crippen molar-refractivity contribution in [1.82, 2.24) is 4.98 Å². The number of nitrogens with zero attached hydrogens (tertiary/aromatic N) is 2. The number of thiophene rings is 1. The second-order valence-corrected chi connectivity index (χ2v) is 7.52. The van der Waals surface area contributed by atoms with Gasteiger partial charge in [-0.3, -0.25) is 0 Å². The molecule has 0 aliphatic heterocycles. The van der Waals surface area contributed by atoms with Crippen LogP contribution in [0.4, 0.5) is 0 Å². The highest BCUT2D eigenvalue weighted by molar-refractivity contribution is 7.25. The van der Waals surface area contributed by atoms with Crippen molar-refractivity contribution in [2.45, 2.75) is 6.92 Å². The first-order valence-electron chi connectivity index (χ1n) is 8.38. The Morgan fingerprint density at radius 3 is 2.64 bits per heavy atom. The zero-order valence-corrected chi connectivity index (χ0v) is 15.0. The lowest BCUT2D eigenvalue weighted by Crippen LogP contribution is -2.30. The highest BCUT2D eigenvalue weighted by Crippen LogP contribution is 2.37. The highest BCUT2D eigenvalue weighted by atomic mass is 32.1. The van der Waals surface area contributed by atoms with E-state index in [1.807, 2.05) is 6.20 Å². The third kappa shape index (κ3) is 2.16. The minimum absolute atomic E-state index is 1.11. The molecule has 2 nitrogen and oxygen atoms in total. The Bertz CT molecular complexity index is 1270. The lowest BCUT2D eigenvalue weighted by Gasteiger charge is -2.05. The van der Waals surface area contributed by atoms with Crippen LogP contribution in [0.5, 0.6) is 0 Å². The number of benzene rings is 2. The molecule has 0 radical (unpaired) electrons. The Labute approximate surface area is 150 Å². The average Bonchev–Trinajstić information content (AvgIpc) is 2.99. The van der Waals surface area contributed by atoms with Gasteiger partial charge in [-0.2, -0.15) is 4.57 Å². The van der Waals surface area contributed by atoms with Crippen LogP contribution in [0.3, 0.4) is 0 Å². The largest absolute Gasteiger partial charge is 0.245 e. The Hall–Kier alpha value is -2.78. The molecule has 0 fully saturated rings. The van der Waals surface area contributed by atoms with Gasteiger partial charge in [0, 0.05) is 34.0 Å². The summed E-state index contributed by atoms with van der Waals surface area (Å²) in [6.45, 7) is 2.17. The summed E-state index contributed by atoms with van der Waals surface area (Å²) in [7, 11) is 2.12. The molecule has 120 valence electrons. The summed E-state index contributed by atoms with van der Waals surface area (Å²) >= 11 is 1.77. The minimum atomic E-state index is 1.11. The normalized spacial score (nSPS) is 11.6. The number of fused-ring (bicyclic) bond motifs is 5. The molecule has 0 amide bonds. The smallest absolute Gasteiger partial charge is 0.213 e. The van der Waals surface area contributed by atoms with Gasteiger partial charge in [0.25, 0.3) is 0 Å². The van der Waals surface area contributed by atoms with Crippen molar-refractivity contribution in [3.05, 3.63) is 72.6 Å². The van der Waals surface area contributed by atoms with Gasteiger partial charge in [0.05, 0.1) is 0 Å². The lowest BCUT2D eigenvalue weighted by atomic mass is 10.0. The number of aromatic nitrogens is 2. The van der Waals surface area contributed by atoms with E-state index >= 15 is 0 Å². The van der Waals surface area contributed by atoms with Crippen LogP contribution in [0.2, 0.25) is 0 Å². The molecule has 0 atom stereocenters. The van der Waals surface area contributed by atoms with E-state index in [-0.39, 0.29) is 0 Å². The van der Waals surface area contributed by atoms with E-state index in [1.165, 1.54) is 43.1 Å². The van der Waals surface area contributed by atoms with Crippen molar-refractivity contribution >= 4 is 42.4 Å². The van der Waals surface area contributed by atoms with Crippen LogP contribution in [-0.4, -0.2) is 4.98 Å². The van der Waals surface area contributed by atoms with E-state index in [2.05, 4.69) is 79.3 Å². The van der Waals surface area contributed by atoms with Crippen LogP contribution in [0.1, 0.15) is 5.56 Å². The maximum Gasteiger partial charge on any atom is 0.213 e. The van der Waals surface area contributed by atoms with E-state index in [1.54, 1.807) is 11.3 Å². The summed E-state index contributed by atoms with van der Waals surface area (Å²) in [5.41, 5.74) is 3.80. The second kappa shape index (κ2) is 5.36. The van der Waals surface area contributed by atoms with Crippen LogP contribution >= 0.6 is 11.3 Å². The molecule has 0 aliphatic rings. The standard InChI is InChI=1S/C22H17N2S/c1-14-7-3-5-9-16(14)19-11-18-20(13-24(19)2)25-22-21(18)17-10-6-4-8-15(17)12-23-22/h3-13H,1-2H3/q+1. The molecule has 0 aliphatic carbocycles. The Balaban J connectivity index is 1.93. The third-order valence-electron chi connectivity index (χ3n) is 4.90. The van der Waals surface area contributed by atoms with Crippen molar-refractivity contribution in [2.24, 2.45) is 7.05 Å². The topological polar surface area (TPSA) is 16.8 Å². The maximum atomic E-state index is 4.71. The average molecular weight is 341 g/mol. The van der Waals surface area contributed by atoms with Gasteiger partial charge in [-0.05, 0) is 23.9 Å². The van der Waals surface area contributed by atoms with Crippen LogP contribution in [-0.2, 0) is 7.05 Å². The quantitative estimate of drug-likeness (QED) is 0.373. The molecule has 3 heteroatoms. The van der Waals surface area contributed by atoms with Gasteiger partial charge in [0.15, 0.2) is 6.20 Å². The van der Waals surface area contributed by atoms with Crippen molar-refractivity contribution in [1.29, 1.82) is 0 Å². The number of aryl methyl sites for hydroxylation is 2. The maximum absolute atomic E-state index is 4.71. The molecule has 5 rings (SSSR count). The number of rotatable bonds is 1. The second-order valence-electron chi connectivity index (χ2n) is 6.49. The molecule has 25 heavy (non-hydrogen) atoms. The molecule has 5 aromatic rings. The zero-order chi connectivity index (χ0) is 17.0. The fourth-order valence-electron chi connectivity index (χ4n) is 3.62. The first-order chi connectivity index (χ1) is 12.2. The van der Waals surface area contributed by atoms with Gasteiger partial charge in [0.2, 0.25) is 5.69 Å². The summed E-state index contributed by atoms with van der Waals surface area (Å²) in [4.78, 5) is 5.81. The highest BCUT2D eigenvalue weighted by Gasteiger charge is 2.18. The molecular formula is C22H17N2S+. The Kier molecular flexibility index (Phi) is 3.12. The number of pyridine rings is 2. The first kappa shape index (κ1) is 14.6. The zero-order valence-electron chi connectivity index (χ0n) is 14.2. The van der Waals surface area contributed by atoms with Crippen molar-refractivity contribution in [3.63, 3.8) is 0 Å². The van der Waals surface area contributed by atoms with E-state index in [4.69, 9.17) is 4.98 Å². The van der Waals surface area contributed by atoms with E-state index < -0.39 is 0 Å². The summed E-state index contributed by atoms with van der Waals surface area (Å²) < 4.78 is 3.50. The van der Waals surface area contributed by atoms with Crippen LogP contribution < -0.4 is 4.57 Å². The predicted octanol–water partition coefficient (Wildman–Crippen LogP) is 5.40. The summed E-state index contributed by atoms with van der Waals surface area (Å²) in [6.07, 6.45) is 4.22. The molecule has 0 spiro atoms. The van der Waals surface area contributed by atoms with Gasteiger partial charge in [0.1, 0.15) is 16.6 Å². The van der Waals surface area contributed by atoms with Gasteiger partial charge in [-0.15, -0.1) is 11.3 Å². The molecule has 2 aromatic carbocycles. The van der Waals surface area contributed by atoms with Gasteiger partial charge < -0.3 is 0 Å². The molecule has 0 unspecified atom stereocenters. The van der Waals surface area contributed by atoms with Crippen molar-refractivity contribution in [3.8, 4) is 11.3 Å². The molecule has 0 bridgehead atoms.